The second-order valence-corrected chi connectivity index (χ2v) is 7.53. The van der Waals surface area contributed by atoms with Crippen LogP contribution in [0.4, 0.5) is 5.82 Å². The Kier molecular flexibility index (Phi) is 5.91. The molecule has 31 heavy (non-hydrogen) atoms. The molecular formula is C18H15ClN8O3S. The molecule has 4 aromatic rings. The van der Waals surface area contributed by atoms with Crippen LogP contribution in [0.3, 0.4) is 0 Å². The van der Waals surface area contributed by atoms with E-state index in [-0.39, 0.29) is 17.3 Å². The largest absolute Gasteiger partial charge is 0.463 e. The summed E-state index contributed by atoms with van der Waals surface area (Å²) in [5.74, 6) is 0.401. The summed E-state index contributed by atoms with van der Waals surface area (Å²) >= 11 is 7.39. The van der Waals surface area contributed by atoms with Crippen molar-refractivity contribution in [3.63, 3.8) is 0 Å². The lowest BCUT2D eigenvalue weighted by molar-refractivity contribution is 0.0936. The van der Waals surface area contributed by atoms with E-state index in [9.17, 15) is 4.79 Å². The van der Waals surface area contributed by atoms with Crippen molar-refractivity contribution in [1.82, 2.24) is 36.2 Å². The minimum absolute atomic E-state index is 0.0129. The Morgan fingerprint density at radius 3 is 2.71 bits per heavy atom. The van der Waals surface area contributed by atoms with Gasteiger partial charge in [0.2, 0.25) is 11.6 Å². The molecule has 0 aliphatic rings. The van der Waals surface area contributed by atoms with Crippen LogP contribution < -0.4 is 16.6 Å². The number of rotatable bonds is 8. The molecule has 0 spiro atoms. The van der Waals surface area contributed by atoms with Crippen LogP contribution >= 0.6 is 23.4 Å². The van der Waals surface area contributed by atoms with E-state index in [2.05, 4.69) is 42.7 Å². The molecule has 4 N–H and O–H groups in total. The maximum absolute atomic E-state index is 12.8. The fourth-order valence-electron chi connectivity index (χ4n) is 2.50. The van der Waals surface area contributed by atoms with Crippen LogP contribution in [0.1, 0.15) is 21.9 Å². The van der Waals surface area contributed by atoms with E-state index < -0.39 is 5.91 Å². The zero-order valence-corrected chi connectivity index (χ0v) is 17.4. The van der Waals surface area contributed by atoms with E-state index >= 15 is 0 Å². The molecule has 0 saturated carbocycles. The number of furan rings is 1. The van der Waals surface area contributed by atoms with Gasteiger partial charge >= 0.3 is 0 Å². The van der Waals surface area contributed by atoms with Gasteiger partial charge in [-0.05, 0) is 46.7 Å². The smallest absolute Gasteiger partial charge is 0.292 e. The third-order valence-corrected chi connectivity index (χ3v) is 5.28. The van der Waals surface area contributed by atoms with Crippen molar-refractivity contribution in [3.05, 3.63) is 71.4 Å². The van der Waals surface area contributed by atoms with E-state index in [1.54, 1.807) is 24.3 Å². The maximum atomic E-state index is 12.8. The van der Waals surface area contributed by atoms with Gasteiger partial charge in [0.05, 0.1) is 17.7 Å². The molecule has 3 heterocycles. The summed E-state index contributed by atoms with van der Waals surface area (Å²) in [5, 5.41) is 15.9. The average molecular weight is 459 g/mol. The fourth-order valence-corrected chi connectivity index (χ4v) is 3.52. The number of hydrogen-bond donors (Lipinski definition) is 3. The SMILES string of the molecule is C=C(NNC(=O)c1nnn(-c2nonc2N)c1CSc1ccc(Cl)cc1)c1ccco1. The van der Waals surface area contributed by atoms with Crippen molar-refractivity contribution in [3.8, 4) is 5.82 Å². The first kappa shape index (κ1) is 20.5. The number of benzene rings is 1. The predicted octanol–water partition coefficient (Wildman–Crippen LogP) is 2.68. The van der Waals surface area contributed by atoms with Gasteiger partial charge < -0.3 is 10.2 Å². The third-order valence-electron chi connectivity index (χ3n) is 4.01. The zero-order valence-electron chi connectivity index (χ0n) is 15.8. The molecule has 158 valence electrons. The monoisotopic (exact) mass is 458 g/mol. The summed E-state index contributed by atoms with van der Waals surface area (Å²) in [4.78, 5) is 13.7. The van der Waals surface area contributed by atoms with Crippen molar-refractivity contribution in [2.45, 2.75) is 10.6 Å². The quantitative estimate of drug-likeness (QED) is 0.265. The minimum Gasteiger partial charge on any atom is -0.463 e. The predicted molar refractivity (Wildman–Crippen MR) is 113 cm³/mol. The highest BCUT2D eigenvalue weighted by Gasteiger charge is 2.24. The van der Waals surface area contributed by atoms with Crippen molar-refractivity contribution < 1.29 is 13.8 Å². The number of carbonyl (C=O) groups excluding carboxylic acids is 1. The van der Waals surface area contributed by atoms with Crippen molar-refractivity contribution >= 4 is 40.8 Å². The Labute approximate surface area is 184 Å². The molecule has 13 heteroatoms. The number of nitrogens with two attached hydrogens (primary N) is 1. The first-order valence-corrected chi connectivity index (χ1v) is 10.1. The summed E-state index contributed by atoms with van der Waals surface area (Å²) in [5.41, 5.74) is 11.9. The Balaban J connectivity index is 1.56. The Morgan fingerprint density at radius 2 is 2.03 bits per heavy atom. The number of carbonyl (C=O) groups is 1. The minimum atomic E-state index is -0.541. The molecule has 1 amide bonds. The van der Waals surface area contributed by atoms with E-state index in [1.807, 2.05) is 12.1 Å². The lowest BCUT2D eigenvalue weighted by Gasteiger charge is -2.09. The number of nitrogens with zero attached hydrogens (tertiary/aromatic N) is 5. The molecule has 0 saturated heterocycles. The first-order chi connectivity index (χ1) is 15.0. The summed E-state index contributed by atoms with van der Waals surface area (Å²) in [6.07, 6.45) is 1.50. The molecule has 4 rings (SSSR count). The number of nitrogen functional groups attached to an aromatic ring is 1. The highest BCUT2D eigenvalue weighted by Crippen LogP contribution is 2.27. The fraction of sp³-hybridized carbons (Fsp3) is 0.0556. The van der Waals surface area contributed by atoms with Gasteiger partial charge in [0.1, 0.15) is 0 Å². The number of amides is 1. The average Bonchev–Trinajstić information content (AvgIpc) is 3.52. The molecule has 11 nitrogen and oxygen atoms in total. The lowest BCUT2D eigenvalue weighted by atomic mass is 10.3. The normalized spacial score (nSPS) is 10.7. The van der Waals surface area contributed by atoms with Crippen LogP contribution in [0.2, 0.25) is 5.02 Å². The maximum Gasteiger partial charge on any atom is 0.292 e. The Bertz CT molecular complexity index is 1200. The number of thioether (sulfide) groups is 1. The molecular weight excluding hydrogens is 444 g/mol. The van der Waals surface area contributed by atoms with Crippen LogP contribution in [0.25, 0.3) is 11.5 Å². The summed E-state index contributed by atoms with van der Waals surface area (Å²) in [6, 6.07) is 10.7. The van der Waals surface area contributed by atoms with Crippen molar-refractivity contribution in [2.75, 3.05) is 5.73 Å². The Hall–Kier alpha value is -3.77. The van der Waals surface area contributed by atoms with E-state index in [0.717, 1.165) is 4.90 Å². The molecule has 0 aliphatic heterocycles. The van der Waals surface area contributed by atoms with Crippen molar-refractivity contribution in [2.24, 2.45) is 0 Å². The molecule has 0 atom stereocenters. The topological polar surface area (TPSA) is 150 Å². The number of nitrogens with one attached hydrogen (secondary N) is 2. The first-order valence-electron chi connectivity index (χ1n) is 8.73. The second-order valence-electron chi connectivity index (χ2n) is 6.05. The van der Waals surface area contributed by atoms with Crippen LogP contribution in [0.5, 0.6) is 0 Å². The number of hydrogen-bond acceptors (Lipinski definition) is 10. The molecule has 0 bridgehead atoms. The van der Waals surface area contributed by atoms with Gasteiger partial charge in [-0.1, -0.05) is 23.4 Å². The van der Waals surface area contributed by atoms with Crippen LogP contribution in [0.15, 0.2) is 63.2 Å². The van der Waals surface area contributed by atoms with E-state index in [0.29, 0.717) is 27.9 Å². The van der Waals surface area contributed by atoms with Gasteiger partial charge in [0, 0.05) is 15.7 Å². The number of halogens is 1. The standard InChI is InChI=1S/C18H15ClN8O3S/c1-10(14-3-2-8-29-14)21-23-18(28)15-13(9-31-12-6-4-11(19)5-7-12)27(26-22-15)17-16(20)24-30-25-17/h2-8,21H,1,9H2,(H2,20,24)(H,23,28). The summed E-state index contributed by atoms with van der Waals surface area (Å²) in [6.45, 7) is 3.80. The lowest BCUT2D eigenvalue weighted by Crippen LogP contribution is -2.36. The molecule has 0 radical (unpaired) electrons. The van der Waals surface area contributed by atoms with Crippen LogP contribution in [-0.4, -0.2) is 31.2 Å². The van der Waals surface area contributed by atoms with Crippen LogP contribution in [-0.2, 0) is 5.75 Å². The van der Waals surface area contributed by atoms with Gasteiger partial charge in [-0.3, -0.25) is 15.6 Å². The van der Waals surface area contributed by atoms with E-state index in [1.165, 1.54) is 22.7 Å². The number of aromatic nitrogens is 5. The number of hydrazine groups is 1. The molecule has 0 aliphatic carbocycles. The zero-order chi connectivity index (χ0) is 21.8. The van der Waals surface area contributed by atoms with E-state index in [4.69, 9.17) is 21.8 Å². The highest BCUT2D eigenvalue weighted by atomic mass is 35.5. The second kappa shape index (κ2) is 8.93. The van der Waals surface area contributed by atoms with Gasteiger partial charge in [-0.2, -0.15) is 4.68 Å². The molecule has 0 fully saturated rings. The van der Waals surface area contributed by atoms with Gasteiger partial charge in [0.15, 0.2) is 11.5 Å². The summed E-state index contributed by atoms with van der Waals surface area (Å²) < 4.78 is 11.2. The summed E-state index contributed by atoms with van der Waals surface area (Å²) in [7, 11) is 0. The van der Waals surface area contributed by atoms with Gasteiger partial charge in [-0.15, -0.1) is 16.9 Å². The van der Waals surface area contributed by atoms with Gasteiger partial charge in [0.25, 0.3) is 5.91 Å². The third kappa shape index (κ3) is 4.54. The van der Waals surface area contributed by atoms with Crippen molar-refractivity contribution in [1.29, 1.82) is 0 Å². The molecule has 3 aromatic heterocycles. The Morgan fingerprint density at radius 1 is 1.23 bits per heavy atom. The highest BCUT2D eigenvalue weighted by molar-refractivity contribution is 7.98. The number of anilines is 1. The van der Waals surface area contributed by atoms with Crippen LogP contribution in [0, 0.1) is 0 Å². The molecule has 1 aromatic carbocycles. The van der Waals surface area contributed by atoms with Gasteiger partial charge in [-0.25, -0.2) is 4.63 Å². The molecule has 0 unspecified atom stereocenters.